The maximum Gasteiger partial charge on any atom is 0.244 e. The lowest BCUT2D eigenvalue weighted by Crippen LogP contribution is -2.46. The lowest BCUT2D eigenvalue weighted by molar-refractivity contribution is -0.121. The molecular formula is C18H13BrClFN4O2. The summed E-state index contributed by atoms with van der Waals surface area (Å²) >= 11 is 8.98. The van der Waals surface area contributed by atoms with Gasteiger partial charge in [-0.25, -0.2) is 14.4 Å². The van der Waals surface area contributed by atoms with Crippen LogP contribution < -0.4 is 21.2 Å². The number of anilines is 2. The van der Waals surface area contributed by atoms with Gasteiger partial charge in [0.15, 0.2) is 5.78 Å². The van der Waals surface area contributed by atoms with Gasteiger partial charge in [-0.3, -0.25) is 9.59 Å². The average Bonchev–Trinajstić information content (AvgIpc) is 2.64. The number of nitrogens with zero attached hydrogens (tertiary/aromatic N) is 2. The van der Waals surface area contributed by atoms with Crippen molar-refractivity contribution in [1.29, 1.82) is 0 Å². The topological polar surface area (TPSA) is 84.0 Å². The Morgan fingerprint density at radius 3 is 2.93 bits per heavy atom. The largest absolute Gasteiger partial charge is 0.340 e. The molecule has 9 heteroatoms. The van der Waals surface area contributed by atoms with Crippen LogP contribution in [-0.4, -0.2) is 33.0 Å². The highest BCUT2D eigenvalue weighted by molar-refractivity contribution is 9.09. The average molecular weight is 452 g/mol. The van der Waals surface area contributed by atoms with Gasteiger partial charge in [0.1, 0.15) is 24.0 Å². The Morgan fingerprint density at radius 2 is 2.19 bits per heavy atom. The first kappa shape index (κ1) is 19.2. The van der Waals surface area contributed by atoms with Crippen molar-refractivity contribution in [3.8, 4) is 0 Å². The van der Waals surface area contributed by atoms with Crippen molar-refractivity contribution < 1.29 is 14.0 Å². The molecule has 1 aliphatic rings. The number of aromatic nitrogens is 2. The second kappa shape index (κ2) is 8.41. The van der Waals surface area contributed by atoms with Crippen LogP contribution in [0.1, 0.15) is 0 Å². The molecule has 1 aliphatic carbocycles. The first-order valence-corrected chi connectivity index (χ1v) is 9.31. The van der Waals surface area contributed by atoms with Gasteiger partial charge in [0, 0.05) is 22.3 Å². The van der Waals surface area contributed by atoms with E-state index >= 15 is 0 Å². The summed E-state index contributed by atoms with van der Waals surface area (Å²) in [4.78, 5) is 32.4. The van der Waals surface area contributed by atoms with Crippen LogP contribution in [-0.2, 0) is 9.59 Å². The molecule has 1 unspecified atom stereocenters. The molecule has 1 heterocycles. The van der Waals surface area contributed by atoms with Gasteiger partial charge in [-0.2, -0.15) is 0 Å². The Hall–Kier alpha value is -2.58. The van der Waals surface area contributed by atoms with E-state index in [4.69, 9.17) is 11.6 Å². The van der Waals surface area contributed by atoms with Crippen LogP contribution in [0.25, 0.3) is 12.2 Å². The zero-order valence-electron chi connectivity index (χ0n) is 13.7. The monoisotopic (exact) mass is 450 g/mol. The molecule has 0 spiro atoms. The van der Waals surface area contributed by atoms with Crippen LogP contribution in [0.4, 0.5) is 15.9 Å². The third kappa shape index (κ3) is 4.58. The van der Waals surface area contributed by atoms with E-state index in [1.165, 1.54) is 36.7 Å². The zero-order valence-corrected chi connectivity index (χ0v) is 16.1. The number of fused-ring (bicyclic) bond motifs is 1. The van der Waals surface area contributed by atoms with Crippen molar-refractivity contribution in [2.45, 2.75) is 6.04 Å². The smallest absolute Gasteiger partial charge is 0.244 e. The molecule has 1 aromatic carbocycles. The highest BCUT2D eigenvalue weighted by Crippen LogP contribution is 2.20. The van der Waals surface area contributed by atoms with Crippen molar-refractivity contribution in [2.75, 3.05) is 10.6 Å². The summed E-state index contributed by atoms with van der Waals surface area (Å²) in [6.07, 6.45) is 7.19. The molecule has 27 heavy (non-hydrogen) atoms. The van der Waals surface area contributed by atoms with Gasteiger partial charge in [-0.1, -0.05) is 33.6 Å². The number of nitrogens with one attached hydrogen (secondary N) is 2. The van der Waals surface area contributed by atoms with Crippen LogP contribution in [0, 0.1) is 5.82 Å². The van der Waals surface area contributed by atoms with Crippen LogP contribution in [0.15, 0.2) is 36.7 Å². The van der Waals surface area contributed by atoms with Crippen LogP contribution in [0.5, 0.6) is 0 Å². The number of halogens is 3. The number of benzene rings is 1. The first-order chi connectivity index (χ1) is 13.0. The minimum absolute atomic E-state index is 0.0302. The van der Waals surface area contributed by atoms with Gasteiger partial charge in [-0.05, 0) is 30.4 Å². The van der Waals surface area contributed by atoms with E-state index in [9.17, 15) is 14.0 Å². The normalized spacial score (nSPS) is 15.7. The molecule has 138 valence electrons. The quantitative estimate of drug-likeness (QED) is 0.533. The summed E-state index contributed by atoms with van der Waals surface area (Å²) in [6.45, 7) is 0. The predicted molar refractivity (Wildman–Crippen MR) is 105 cm³/mol. The third-order valence-corrected chi connectivity index (χ3v) is 4.34. The van der Waals surface area contributed by atoms with Crippen molar-refractivity contribution in [1.82, 2.24) is 15.3 Å². The van der Waals surface area contributed by atoms with E-state index in [2.05, 4.69) is 36.5 Å². The molecule has 0 bridgehead atoms. The maximum absolute atomic E-state index is 13.3. The number of hydrogen-bond donors (Lipinski definition) is 2. The fraction of sp³-hybridized carbons (Fsp3) is 0.111. The van der Waals surface area contributed by atoms with Crippen molar-refractivity contribution in [2.24, 2.45) is 0 Å². The molecule has 0 saturated heterocycles. The molecule has 0 aliphatic heterocycles. The Morgan fingerprint density at radius 1 is 1.37 bits per heavy atom. The van der Waals surface area contributed by atoms with E-state index in [0.717, 1.165) is 0 Å². The van der Waals surface area contributed by atoms with E-state index < -0.39 is 17.8 Å². The summed E-state index contributed by atoms with van der Waals surface area (Å²) < 4.78 is 13.3. The molecule has 6 nitrogen and oxygen atoms in total. The van der Waals surface area contributed by atoms with E-state index in [1.54, 1.807) is 12.2 Å². The number of carbonyl (C=O) groups excluding carboxylic acids is 2. The lowest BCUT2D eigenvalue weighted by Gasteiger charge is -2.15. The van der Waals surface area contributed by atoms with Gasteiger partial charge in [0.25, 0.3) is 0 Å². The number of amides is 1. The predicted octanol–water partition coefficient (Wildman–Crippen LogP) is 1.59. The number of carbonyl (C=O) groups is 2. The number of ketones is 1. The number of rotatable bonds is 5. The highest BCUT2D eigenvalue weighted by Gasteiger charge is 2.20. The van der Waals surface area contributed by atoms with Crippen molar-refractivity contribution >= 4 is 62.9 Å². The Balaban J connectivity index is 1.95. The SMILES string of the molecule is O=C(C=CCBr)NC1C=c2c(Nc3ccc(F)c(Cl)c3)ncnc2=CC1=O. The maximum atomic E-state index is 13.3. The van der Waals surface area contributed by atoms with Crippen LogP contribution in [0.3, 0.4) is 0 Å². The third-order valence-electron chi connectivity index (χ3n) is 3.67. The molecule has 1 atom stereocenters. The van der Waals surface area contributed by atoms with Gasteiger partial charge in [0.05, 0.1) is 10.4 Å². The fourth-order valence-electron chi connectivity index (χ4n) is 2.44. The Kier molecular flexibility index (Phi) is 5.98. The first-order valence-electron chi connectivity index (χ1n) is 7.81. The second-order valence-corrected chi connectivity index (χ2v) is 6.59. The molecule has 3 rings (SSSR count). The summed E-state index contributed by atoms with van der Waals surface area (Å²) in [5, 5.41) is 7.11. The summed E-state index contributed by atoms with van der Waals surface area (Å²) in [7, 11) is 0. The summed E-state index contributed by atoms with van der Waals surface area (Å²) in [5.74, 6) is -0.812. The molecular weight excluding hydrogens is 439 g/mol. The standard InChI is InChI=1S/C18H13BrClFN4O2/c19-5-1-2-17(27)25-15-7-11-14(8-16(15)26)22-9-23-18(11)24-10-3-4-13(21)12(20)6-10/h1-4,6-9,15H,5H2,(H,25,27)(H,22,23,24). The minimum Gasteiger partial charge on any atom is -0.340 e. The molecule has 0 radical (unpaired) electrons. The Labute approximate surface area is 167 Å². The molecule has 0 fully saturated rings. The van der Waals surface area contributed by atoms with Gasteiger partial charge in [0.2, 0.25) is 5.91 Å². The summed E-state index contributed by atoms with van der Waals surface area (Å²) in [5.41, 5.74) is 0.522. The molecule has 2 N–H and O–H groups in total. The van der Waals surface area contributed by atoms with Gasteiger partial charge < -0.3 is 10.6 Å². The van der Waals surface area contributed by atoms with Gasteiger partial charge >= 0.3 is 0 Å². The molecule has 1 amide bonds. The highest BCUT2D eigenvalue weighted by atomic mass is 79.9. The van der Waals surface area contributed by atoms with Crippen molar-refractivity contribution in [3.63, 3.8) is 0 Å². The van der Waals surface area contributed by atoms with Crippen LogP contribution in [0.2, 0.25) is 5.02 Å². The molecule has 2 aromatic rings. The number of alkyl halides is 1. The number of allylic oxidation sites excluding steroid dienone is 1. The number of hydrogen-bond acceptors (Lipinski definition) is 5. The molecule has 0 saturated carbocycles. The van der Waals surface area contributed by atoms with Gasteiger partial charge in [-0.15, -0.1) is 0 Å². The summed E-state index contributed by atoms with van der Waals surface area (Å²) in [6, 6.07) is 3.33. The minimum atomic E-state index is -0.840. The van der Waals surface area contributed by atoms with Crippen molar-refractivity contribution in [3.05, 3.63) is 58.1 Å². The number of Topliss-reactive ketones (excluding diaryl/α,β-unsaturated/α-hetero) is 1. The van der Waals surface area contributed by atoms with E-state index in [0.29, 0.717) is 27.4 Å². The zero-order chi connectivity index (χ0) is 19.4. The van der Waals surface area contributed by atoms with E-state index in [1.807, 2.05) is 0 Å². The molecule has 1 aromatic heterocycles. The second-order valence-electron chi connectivity index (χ2n) is 5.53. The van der Waals surface area contributed by atoms with E-state index in [-0.39, 0.29) is 10.8 Å². The van der Waals surface area contributed by atoms with Crippen LogP contribution >= 0.6 is 27.5 Å². The fourth-order valence-corrected chi connectivity index (χ4v) is 2.81. The Bertz CT molecular complexity index is 1060. The lowest BCUT2D eigenvalue weighted by atomic mass is 10.1.